The van der Waals surface area contributed by atoms with Crippen LogP contribution in [-0.2, 0) is 16.6 Å². The molecule has 0 saturated heterocycles. The zero-order valence-electron chi connectivity index (χ0n) is 15.7. The summed E-state index contributed by atoms with van der Waals surface area (Å²) in [5.41, 5.74) is 0.955. The predicted molar refractivity (Wildman–Crippen MR) is 111 cm³/mol. The first-order valence-corrected chi connectivity index (χ1v) is 10.6. The minimum absolute atomic E-state index is 0.0311. The maximum absolute atomic E-state index is 14.2. The van der Waals surface area contributed by atoms with Crippen molar-refractivity contribution in [1.82, 2.24) is 14.6 Å². The number of methoxy groups -OCH3 is 1. The maximum atomic E-state index is 14.2. The van der Waals surface area contributed by atoms with Gasteiger partial charge in [0.05, 0.1) is 19.3 Å². The van der Waals surface area contributed by atoms with E-state index in [1.54, 1.807) is 36.5 Å². The Morgan fingerprint density at radius 2 is 2.00 bits per heavy atom. The van der Waals surface area contributed by atoms with Crippen molar-refractivity contribution in [3.63, 3.8) is 0 Å². The third-order valence-corrected chi connectivity index (χ3v) is 6.52. The summed E-state index contributed by atoms with van der Waals surface area (Å²) in [6.07, 6.45) is 3.06. The molecule has 2 heterocycles. The van der Waals surface area contributed by atoms with Gasteiger partial charge in [-0.1, -0.05) is 23.7 Å². The van der Waals surface area contributed by atoms with Crippen LogP contribution >= 0.6 is 11.6 Å². The molecule has 0 aliphatic carbocycles. The number of fused-ring (bicyclic) bond motifs is 1. The number of hydrogen-bond donors (Lipinski definition) is 0. The first-order chi connectivity index (χ1) is 14.4. The maximum Gasteiger partial charge on any atom is 0.268 e. The first kappa shape index (κ1) is 20.1. The van der Waals surface area contributed by atoms with Crippen molar-refractivity contribution < 1.29 is 17.5 Å². The summed E-state index contributed by atoms with van der Waals surface area (Å²) < 4.78 is 49.1. The fourth-order valence-corrected chi connectivity index (χ4v) is 4.83. The van der Waals surface area contributed by atoms with E-state index >= 15 is 0 Å². The number of benzene rings is 2. The van der Waals surface area contributed by atoms with Gasteiger partial charge in [0.25, 0.3) is 10.0 Å². The third kappa shape index (κ3) is 3.69. The molecule has 0 bridgehead atoms. The second-order valence-electron chi connectivity index (χ2n) is 6.39. The number of nitrogens with zero attached hydrogens (tertiary/aromatic N) is 4. The molecule has 2 aromatic heterocycles. The SMILES string of the molecule is COc1ccc(CN(c2cccc(Cl)c2)S(=O)(=O)c2cccn3cnnc23)cc1F. The van der Waals surface area contributed by atoms with E-state index in [2.05, 4.69) is 10.2 Å². The van der Waals surface area contributed by atoms with E-state index in [0.717, 1.165) is 4.31 Å². The summed E-state index contributed by atoms with van der Waals surface area (Å²) in [6, 6.07) is 13.8. The number of pyridine rings is 1. The van der Waals surface area contributed by atoms with Gasteiger partial charge in [-0.25, -0.2) is 12.8 Å². The van der Waals surface area contributed by atoms with Crippen molar-refractivity contribution in [3.8, 4) is 5.75 Å². The molecule has 0 amide bonds. The second kappa shape index (κ2) is 7.92. The van der Waals surface area contributed by atoms with Crippen molar-refractivity contribution in [2.45, 2.75) is 11.4 Å². The number of rotatable bonds is 6. The summed E-state index contributed by atoms with van der Waals surface area (Å²) >= 11 is 6.11. The number of halogens is 2. The Balaban J connectivity index is 1.85. The predicted octanol–water partition coefficient (Wildman–Crippen LogP) is 3.93. The highest BCUT2D eigenvalue weighted by Crippen LogP contribution is 2.30. The van der Waals surface area contributed by atoms with Crippen molar-refractivity contribution >= 4 is 33.0 Å². The topological polar surface area (TPSA) is 76.8 Å². The molecule has 0 saturated carbocycles. The van der Waals surface area contributed by atoms with Crippen molar-refractivity contribution in [3.05, 3.63) is 83.5 Å². The molecule has 0 unspecified atom stereocenters. The Labute approximate surface area is 177 Å². The molecule has 0 radical (unpaired) electrons. The molecule has 0 aliphatic heterocycles. The van der Waals surface area contributed by atoms with Crippen LogP contribution in [0.5, 0.6) is 5.75 Å². The van der Waals surface area contributed by atoms with Gasteiger partial charge >= 0.3 is 0 Å². The Hall–Kier alpha value is -3.17. The molecule has 4 rings (SSSR count). The van der Waals surface area contributed by atoms with Crippen LogP contribution in [0.3, 0.4) is 0 Å². The van der Waals surface area contributed by atoms with Crippen LogP contribution in [0, 0.1) is 5.82 Å². The minimum Gasteiger partial charge on any atom is -0.494 e. The van der Waals surface area contributed by atoms with Crippen molar-refractivity contribution in [2.75, 3.05) is 11.4 Å². The quantitative estimate of drug-likeness (QED) is 0.448. The van der Waals surface area contributed by atoms with Gasteiger partial charge in [-0.05, 0) is 48.0 Å². The van der Waals surface area contributed by atoms with Gasteiger partial charge < -0.3 is 4.74 Å². The Morgan fingerprint density at radius 1 is 1.17 bits per heavy atom. The number of sulfonamides is 1. The van der Waals surface area contributed by atoms with Gasteiger partial charge in [-0.2, -0.15) is 0 Å². The monoisotopic (exact) mass is 446 g/mol. The van der Waals surface area contributed by atoms with Crippen LogP contribution in [0.25, 0.3) is 5.65 Å². The van der Waals surface area contributed by atoms with E-state index in [0.29, 0.717) is 16.3 Å². The van der Waals surface area contributed by atoms with Crippen LogP contribution < -0.4 is 9.04 Å². The van der Waals surface area contributed by atoms with Crippen molar-refractivity contribution in [1.29, 1.82) is 0 Å². The Bertz CT molecular complexity index is 1330. The van der Waals surface area contributed by atoms with E-state index in [-0.39, 0.29) is 22.8 Å². The highest BCUT2D eigenvalue weighted by atomic mass is 35.5. The molecule has 30 heavy (non-hydrogen) atoms. The van der Waals surface area contributed by atoms with E-state index in [1.807, 2.05) is 0 Å². The summed E-state index contributed by atoms with van der Waals surface area (Å²) in [4.78, 5) is -0.0311. The van der Waals surface area contributed by atoms with Crippen LogP contribution in [0.1, 0.15) is 5.56 Å². The summed E-state index contributed by atoms with van der Waals surface area (Å²) in [5.74, 6) is -0.512. The van der Waals surface area contributed by atoms with Crippen LogP contribution in [0.2, 0.25) is 5.02 Å². The van der Waals surface area contributed by atoms with Gasteiger partial charge in [-0.3, -0.25) is 8.71 Å². The van der Waals surface area contributed by atoms with E-state index < -0.39 is 15.8 Å². The van der Waals surface area contributed by atoms with E-state index in [4.69, 9.17) is 16.3 Å². The van der Waals surface area contributed by atoms with Gasteiger partial charge in [0.15, 0.2) is 17.2 Å². The largest absolute Gasteiger partial charge is 0.494 e. The van der Waals surface area contributed by atoms with E-state index in [1.165, 1.54) is 42.1 Å². The van der Waals surface area contributed by atoms with Crippen LogP contribution in [-0.4, -0.2) is 30.1 Å². The fraction of sp³-hybridized carbons (Fsp3) is 0.100. The number of ether oxygens (including phenoxy) is 1. The third-order valence-electron chi connectivity index (χ3n) is 4.49. The molecule has 0 fully saturated rings. The summed E-state index contributed by atoms with van der Waals surface area (Å²) in [5, 5.41) is 8.08. The second-order valence-corrected chi connectivity index (χ2v) is 8.66. The smallest absolute Gasteiger partial charge is 0.268 e. The van der Waals surface area contributed by atoms with Crippen LogP contribution in [0.4, 0.5) is 10.1 Å². The molecular weight excluding hydrogens is 431 g/mol. The molecule has 0 N–H and O–H groups in total. The molecule has 10 heteroatoms. The lowest BCUT2D eigenvalue weighted by atomic mass is 10.2. The van der Waals surface area contributed by atoms with Gasteiger partial charge in [-0.15, -0.1) is 10.2 Å². The molecule has 2 aromatic carbocycles. The van der Waals surface area contributed by atoms with Gasteiger partial charge in [0.1, 0.15) is 11.2 Å². The van der Waals surface area contributed by atoms with Gasteiger partial charge in [0, 0.05) is 11.2 Å². The molecule has 4 aromatic rings. The number of aromatic nitrogens is 3. The average molecular weight is 447 g/mol. The van der Waals surface area contributed by atoms with Gasteiger partial charge in [0.2, 0.25) is 0 Å². The number of hydrogen-bond acceptors (Lipinski definition) is 5. The Kier molecular flexibility index (Phi) is 5.31. The normalized spacial score (nSPS) is 11.6. The summed E-state index contributed by atoms with van der Waals surface area (Å²) in [7, 11) is -2.74. The first-order valence-electron chi connectivity index (χ1n) is 8.79. The lowest BCUT2D eigenvalue weighted by molar-refractivity contribution is 0.386. The zero-order valence-corrected chi connectivity index (χ0v) is 17.3. The lowest BCUT2D eigenvalue weighted by Gasteiger charge is -2.25. The molecule has 0 aliphatic rings. The molecule has 154 valence electrons. The molecular formula is C20H16ClFN4O3S. The van der Waals surface area contributed by atoms with Crippen molar-refractivity contribution in [2.24, 2.45) is 0 Å². The highest BCUT2D eigenvalue weighted by molar-refractivity contribution is 7.93. The van der Waals surface area contributed by atoms with Crippen LogP contribution in [0.15, 0.2) is 72.0 Å². The average Bonchev–Trinajstić information content (AvgIpc) is 3.20. The number of anilines is 1. The fourth-order valence-electron chi connectivity index (χ4n) is 3.07. The molecule has 7 nitrogen and oxygen atoms in total. The highest BCUT2D eigenvalue weighted by Gasteiger charge is 2.28. The molecule has 0 spiro atoms. The minimum atomic E-state index is -4.10. The standard InChI is InChI=1S/C20H16ClFN4O3S/c1-29-18-8-7-14(10-17(18)22)12-26(16-5-2-4-15(21)11-16)30(27,28)19-6-3-9-25-13-23-24-20(19)25/h2-11,13H,12H2,1H3. The lowest BCUT2D eigenvalue weighted by Crippen LogP contribution is -2.31. The summed E-state index contributed by atoms with van der Waals surface area (Å²) in [6.45, 7) is -0.126. The zero-order chi connectivity index (χ0) is 21.3. The Morgan fingerprint density at radius 3 is 2.73 bits per heavy atom. The molecule has 0 atom stereocenters. The van der Waals surface area contributed by atoms with E-state index in [9.17, 15) is 12.8 Å².